The van der Waals surface area contributed by atoms with E-state index in [1.165, 1.54) is 23.5 Å². The van der Waals surface area contributed by atoms with Crippen molar-refractivity contribution in [2.75, 3.05) is 26.7 Å². The summed E-state index contributed by atoms with van der Waals surface area (Å²) in [6.07, 6.45) is 1.81. The monoisotopic (exact) mass is 324 g/mol. The van der Waals surface area contributed by atoms with Crippen molar-refractivity contribution in [3.63, 3.8) is 0 Å². The van der Waals surface area contributed by atoms with E-state index in [4.69, 9.17) is 4.74 Å². The molecule has 0 bridgehead atoms. The quantitative estimate of drug-likeness (QED) is 0.834. The minimum absolute atomic E-state index is 0.0336. The molecule has 0 aliphatic carbocycles. The molecular weight excluding hydrogens is 304 g/mol. The number of piperidine rings is 1. The zero-order valence-electron chi connectivity index (χ0n) is 12.5. The average molecular weight is 324 g/mol. The molecule has 3 rings (SSSR count). The van der Waals surface area contributed by atoms with Gasteiger partial charge in [-0.25, -0.2) is 13.2 Å². The summed E-state index contributed by atoms with van der Waals surface area (Å²) in [7, 11) is -2.43. The maximum absolute atomic E-state index is 12.9. The SMILES string of the molecule is COC(=O)c1ccccc1S(=O)(=O)N1CCC2NCCC2C1. The zero-order valence-corrected chi connectivity index (χ0v) is 13.3. The number of rotatable bonds is 3. The molecule has 6 nitrogen and oxygen atoms in total. The Bertz CT molecular complexity index is 674. The van der Waals surface area contributed by atoms with Gasteiger partial charge in [-0.15, -0.1) is 0 Å². The highest BCUT2D eigenvalue weighted by Gasteiger charge is 2.38. The van der Waals surface area contributed by atoms with Gasteiger partial charge < -0.3 is 10.1 Å². The molecule has 2 saturated heterocycles. The minimum atomic E-state index is -3.68. The van der Waals surface area contributed by atoms with Gasteiger partial charge in [-0.2, -0.15) is 4.31 Å². The van der Waals surface area contributed by atoms with Gasteiger partial charge in [-0.1, -0.05) is 12.1 Å². The van der Waals surface area contributed by atoms with Crippen molar-refractivity contribution in [3.05, 3.63) is 29.8 Å². The molecule has 2 atom stereocenters. The first kappa shape index (κ1) is 15.5. The molecule has 1 N–H and O–H groups in total. The van der Waals surface area contributed by atoms with Crippen molar-refractivity contribution in [3.8, 4) is 0 Å². The third kappa shape index (κ3) is 2.64. The number of carbonyl (C=O) groups is 1. The predicted octanol–water partition coefficient (Wildman–Crippen LogP) is 0.846. The van der Waals surface area contributed by atoms with Crippen LogP contribution in [0.5, 0.6) is 0 Å². The maximum atomic E-state index is 12.9. The molecule has 0 saturated carbocycles. The Balaban J connectivity index is 1.92. The fourth-order valence-electron chi connectivity index (χ4n) is 3.34. The number of hydrogen-bond acceptors (Lipinski definition) is 5. The van der Waals surface area contributed by atoms with Crippen LogP contribution in [0.15, 0.2) is 29.2 Å². The van der Waals surface area contributed by atoms with E-state index in [0.717, 1.165) is 19.4 Å². The second-order valence-electron chi connectivity index (χ2n) is 5.75. The van der Waals surface area contributed by atoms with Gasteiger partial charge in [0.1, 0.15) is 0 Å². The lowest BCUT2D eigenvalue weighted by molar-refractivity contribution is 0.0596. The van der Waals surface area contributed by atoms with Gasteiger partial charge in [0, 0.05) is 19.1 Å². The van der Waals surface area contributed by atoms with E-state index in [-0.39, 0.29) is 10.5 Å². The Morgan fingerprint density at radius 2 is 2.09 bits per heavy atom. The fraction of sp³-hybridized carbons (Fsp3) is 0.533. The molecule has 2 unspecified atom stereocenters. The molecular formula is C15H20N2O4S. The smallest absolute Gasteiger partial charge is 0.339 e. The summed E-state index contributed by atoms with van der Waals surface area (Å²) in [6.45, 7) is 1.93. The molecule has 2 fully saturated rings. The molecule has 22 heavy (non-hydrogen) atoms. The Morgan fingerprint density at radius 1 is 1.32 bits per heavy atom. The standard InChI is InChI=1S/C15H20N2O4S/c1-21-15(18)12-4-2-3-5-14(12)22(19,20)17-9-7-13-11(10-17)6-8-16-13/h2-5,11,13,16H,6-10H2,1H3. The molecule has 1 aromatic rings. The van der Waals surface area contributed by atoms with Gasteiger partial charge in [-0.3, -0.25) is 0 Å². The van der Waals surface area contributed by atoms with E-state index >= 15 is 0 Å². The number of sulfonamides is 1. The zero-order chi connectivity index (χ0) is 15.7. The van der Waals surface area contributed by atoms with Crippen LogP contribution in [-0.4, -0.2) is 51.5 Å². The van der Waals surface area contributed by atoms with Crippen molar-refractivity contribution in [2.24, 2.45) is 5.92 Å². The van der Waals surface area contributed by atoms with Gasteiger partial charge in [-0.05, 0) is 37.4 Å². The van der Waals surface area contributed by atoms with E-state index in [0.29, 0.717) is 25.0 Å². The van der Waals surface area contributed by atoms with Crippen LogP contribution in [0.3, 0.4) is 0 Å². The highest BCUT2D eigenvalue weighted by atomic mass is 32.2. The third-order valence-electron chi connectivity index (χ3n) is 4.53. The summed E-state index contributed by atoms with van der Waals surface area (Å²) >= 11 is 0. The van der Waals surface area contributed by atoms with Crippen molar-refractivity contribution >= 4 is 16.0 Å². The highest BCUT2D eigenvalue weighted by molar-refractivity contribution is 7.89. The van der Waals surface area contributed by atoms with Gasteiger partial charge in [0.2, 0.25) is 10.0 Å². The number of nitrogens with zero attached hydrogens (tertiary/aromatic N) is 1. The van der Waals surface area contributed by atoms with Crippen molar-refractivity contribution in [1.29, 1.82) is 0 Å². The number of methoxy groups -OCH3 is 1. The molecule has 0 amide bonds. The number of nitrogens with one attached hydrogen (secondary N) is 1. The number of hydrogen-bond donors (Lipinski definition) is 1. The first-order valence-electron chi connectivity index (χ1n) is 7.45. The van der Waals surface area contributed by atoms with Gasteiger partial charge in [0.15, 0.2) is 0 Å². The van der Waals surface area contributed by atoms with Gasteiger partial charge in [0.05, 0.1) is 17.6 Å². The molecule has 0 aromatic heterocycles. The largest absolute Gasteiger partial charge is 0.465 e. The summed E-state index contributed by atoms with van der Waals surface area (Å²) < 4.78 is 32.0. The van der Waals surface area contributed by atoms with Gasteiger partial charge >= 0.3 is 5.97 Å². The van der Waals surface area contributed by atoms with E-state index < -0.39 is 16.0 Å². The van der Waals surface area contributed by atoms with Crippen LogP contribution >= 0.6 is 0 Å². The van der Waals surface area contributed by atoms with E-state index in [1.807, 2.05) is 0 Å². The Labute approximate surface area is 130 Å². The molecule has 2 heterocycles. The summed E-state index contributed by atoms with van der Waals surface area (Å²) in [5.74, 6) is -0.273. The number of ether oxygens (including phenoxy) is 1. The maximum Gasteiger partial charge on any atom is 0.339 e. The topological polar surface area (TPSA) is 75.7 Å². The molecule has 2 aliphatic heterocycles. The van der Waals surface area contributed by atoms with Gasteiger partial charge in [0.25, 0.3) is 0 Å². The van der Waals surface area contributed by atoms with E-state index in [1.54, 1.807) is 12.1 Å². The lowest BCUT2D eigenvalue weighted by atomic mass is 9.95. The minimum Gasteiger partial charge on any atom is -0.465 e. The summed E-state index contributed by atoms with van der Waals surface area (Å²) in [5.41, 5.74) is 0.0941. The van der Waals surface area contributed by atoms with Crippen LogP contribution in [0.1, 0.15) is 23.2 Å². The van der Waals surface area contributed by atoms with Crippen LogP contribution in [0.4, 0.5) is 0 Å². The fourth-order valence-corrected chi connectivity index (χ4v) is 5.03. The molecule has 120 valence electrons. The average Bonchev–Trinajstić information content (AvgIpc) is 3.01. The normalized spacial score (nSPS) is 25.7. The predicted molar refractivity (Wildman–Crippen MR) is 81.1 cm³/mol. The van der Waals surface area contributed by atoms with Crippen molar-refractivity contribution in [1.82, 2.24) is 9.62 Å². The Kier molecular flexibility index (Phi) is 4.20. The molecule has 2 aliphatic rings. The summed E-state index contributed by atoms with van der Waals surface area (Å²) in [5, 5.41) is 3.41. The second-order valence-corrected chi connectivity index (χ2v) is 7.66. The Hall–Kier alpha value is -1.44. The molecule has 0 radical (unpaired) electrons. The first-order valence-corrected chi connectivity index (χ1v) is 8.89. The summed E-state index contributed by atoms with van der Waals surface area (Å²) in [4.78, 5) is 11.9. The molecule has 0 spiro atoms. The van der Waals surface area contributed by atoms with Crippen LogP contribution in [0.25, 0.3) is 0 Å². The van der Waals surface area contributed by atoms with Crippen LogP contribution in [-0.2, 0) is 14.8 Å². The van der Waals surface area contributed by atoms with E-state index in [9.17, 15) is 13.2 Å². The number of fused-ring (bicyclic) bond motifs is 1. The number of carbonyl (C=O) groups excluding carboxylic acids is 1. The second kappa shape index (κ2) is 5.98. The molecule has 7 heteroatoms. The first-order chi connectivity index (χ1) is 10.5. The van der Waals surface area contributed by atoms with Crippen LogP contribution in [0, 0.1) is 5.92 Å². The van der Waals surface area contributed by atoms with Crippen molar-refractivity contribution in [2.45, 2.75) is 23.8 Å². The Morgan fingerprint density at radius 3 is 2.86 bits per heavy atom. The number of benzene rings is 1. The third-order valence-corrected chi connectivity index (χ3v) is 6.45. The van der Waals surface area contributed by atoms with Crippen LogP contribution < -0.4 is 5.32 Å². The lowest BCUT2D eigenvalue weighted by Crippen LogP contribution is -2.47. The molecule has 1 aromatic carbocycles. The van der Waals surface area contributed by atoms with E-state index in [2.05, 4.69) is 5.32 Å². The van der Waals surface area contributed by atoms with Crippen LogP contribution in [0.2, 0.25) is 0 Å². The lowest BCUT2D eigenvalue weighted by Gasteiger charge is -2.34. The van der Waals surface area contributed by atoms with Crippen molar-refractivity contribution < 1.29 is 17.9 Å². The summed E-state index contributed by atoms with van der Waals surface area (Å²) in [6, 6.07) is 6.65. The highest BCUT2D eigenvalue weighted by Crippen LogP contribution is 2.29. The number of esters is 1.